The van der Waals surface area contributed by atoms with Gasteiger partial charge in [0, 0.05) is 56.8 Å². The van der Waals surface area contributed by atoms with Crippen LogP contribution in [-0.4, -0.2) is 19.1 Å². The molecule has 0 aliphatic rings. The minimum Gasteiger partial charge on any atom is -0.457 e. The molecule has 0 atom stereocenters. The predicted molar refractivity (Wildman–Crippen MR) is 213 cm³/mol. The van der Waals surface area contributed by atoms with Gasteiger partial charge in [0.05, 0.1) is 27.9 Å². The van der Waals surface area contributed by atoms with Gasteiger partial charge in [-0.3, -0.25) is 9.55 Å². The molecular formula is C47H32N4O. The van der Waals surface area contributed by atoms with Gasteiger partial charge in [-0.15, -0.1) is 0 Å². The van der Waals surface area contributed by atoms with Crippen LogP contribution in [0.5, 0.6) is 11.5 Å². The lowest BCUT2D eigenvalue weighted by molar-refractivity contribution is 0.482. The molecule has 4 aromatic heterocycles. The van der Waals surface area contributed by atoms with Crippen molar-refractivity contribution < 1.29 is 4.74 Å². The third kappa shape index (κ3) is 4.86. The van der Waals surface area contributed by atoms with E-state index in [-0.39, 0.29) is 0 Å². The predicted octanol–water partition coefficient (Wildman–Crippen LogP) is 12.1. The van der Waals surface area contributed by atoms with E-state index < -0.39 is 0 Å². The van der Waals surface area contributed by atoms with E-state index in [1.807, 2.05) is 48.8 Å². The zero-order valence-electron chi connectivity index (χ0n) is 28.4. The van der Waals surface area contributed by atoms with E-state index in [2.05, 4.69) is 143 Å². The fraction of sp³-hybridized carbons (Fsp3) is 0.0213. The highest BCUT2D eigenvalue weighted by Gasteiger charge is 2.21. The lowest BCUT2D eigenvalue weighted by atomic mass is 10.0. The van der Waals surface area contributed by atoms with E-state index in [0.717, 1.165) is 61.8 Å². The van der Waals surface area contributed by atoms with Crippen molar-refractivity contribution in [2.45, 2.75) is 6.92 Å². The summed E-state index contributed by atoms with van der Waals surface area (Å²) in [5.74, 6) is 1.49. The summed E-state index contributed by atoms with van der Waals surface area (Å²) in [6.07, 6.45) is 3.83. The largest absolute Gasteiger partial charge is 0.457 e. The van der Waals surface area contributed by atoms with E-state index >= 15 is 0 Å². The molecule has 246 valence electrons. The number of hydrogen-bond acceptors (Lipinski definition) is 3. The molecule has 10 aromatic rings. The molecule has 10 rings (SSSR count). The minimum atomic E-state index is 0.739. The summed E-state index contributed by atoms with van der Waals surface area (Å²) < 4.78 is 11.2. The Morgan fingerprint density at radius 1 is 0.500 bits per heavy atom. The first kappa shape index (κ1) is 29.9. The van der Waals surface area contributed by atoms with Gasteiger partial charge in [-0.2, -0.15) is 0 Å². The summed E-state index contributed by atoms with van der Waals surface area (Å²) in [7, 11) is 0. The summed E-state index contributed by atoms with van der Waals surface area (Å²) in [4.78, 5) is 9.79. The molecule has 4 heterocycles. The first-order valence-electron chi connectivity index (χ1n) is 17.5. The molecule has 0 saturated heterocycles. The fourth-order valence-electron chi connectivity index (χ4n) is 7.66. The van der Waals surface area contributed by atoms with Gasteiger partial charge < -0.3 is 9.30 Å². The molecule has 0 spiro atoms. The van der Waals surface area contributed by atoms with Crippen LogP contribution < -0.4 is 4.74 Å². The highest BCUT2D eigenvalue weighted by atomic mass is 16.5. The fourth-order valence-corrected chi connectivity index (χ4v) is 7.66. The molecular weight excluding hydrogens is 637 g/mol. The average molecular weight is 669 g/mol. The number of aryl methyl sites for hydroxylation is 1. The molecule has 0 aliphatic heterocycles. The molecule has 0 N–H and O–H groups in total. The zero-order chi connectivity index (χ0) is 34.6. The van der Waals surface area contributed by atoms with Crippen LogP contribution in [0.25, 0.3) is 77.5 Å². The van der Waals surface area contributed by atoms with Gasteiger partial charge in [-0.05, 0) is 84.8 Å². The summed E-state index contributed by atoms with van der Waals surface area (Å²) in [6, 6.07) is 56.9. The summed E-state index contributed by atoms with van der Waals surface area (Å²) in [5, 5.41) is 4.71. The van der Waals surface area contributed by atoms with Crippen LogP contribution in [0.1, 0.15) is 5.56 Å². The third-order valence-corrected chi connectivity index (χ3v) is 9.97. The highest BCUT2D eigenvalue weighted by Crippen LogP contribution is 2.42. The van der Waals surface area contributed by atoms with Gasteiger partial charge in [-0.25, -0.2) is 4.98 Å². The second-order valence-electron chi connectivity index (χ2n) is 13.1. The van der Waals surface area contributed by atoms with E-state index in [1.165, 1.54) is 32.8 Å². The maximum Gasteiger partial charge on any atom is 0.145 e. The maximum atomic E-state index is 6.55. The van der Waals surface area contributed by atoms with Gasteiger partial charge in [0.15, 0.2) is 0 Å². The second kappa shape index (κ2) is 12.1. The lowest BCUT2D eigenvalue weighted by Gasteiger charge is -2.12. The summed E-state index contributed by atoms with van der Waals surface area (Å²) in [6.45, 7) is 2.13. The van der Waals surface area contributed by atoms with Crippen molar-refractivity contribution in [1.82, 2.24) is 19.1 Å². The van der Waals surface area contributed by atoms with Gasteiger partial charge in [0.2, 0.25) is 0 Å². The summed E-state index contributed by atoms with van der Waals surface area (Å²) in [5.41, 5.74) is 11.8. The van der Waals surface area contributed by atoms with Crippen molar-refractivity contribution in [3.05, 3.63) is 182 Å². The Balaban J connectivity index is 1.08. The van der Waals surface area contributed by atoms with E-state index in [1.54, 1.807) is 0 Å². The third-order valence-electron chi connectivity index (χ3n) is 9.97. The molecule has 5 heteroatoms. The molecule has 6 aromatic carbocycles. The molecule has 0 amide bonds. The van der Waals surface area contributed by atoms with Crippen molar-refractivity contribution in [3.8, 4) is 45.3 Å². The number of pyridine rings is 2. The molecule has 0 bridgehead atoms. The van der Waals surface area contributed by atoms with Gasteiger partial charge in [0.1, 0.15) is 17.1 Å². The normalized spacial score (nSPS) is 11.6. The Morgan fingerprint density at radius 3 is 2.06 bits per heavy atom. The Kier molecular flexibility index (Phi) is 6.96. The number of fused-ring (bicyclic) bond motifs is 7. The summed E-state index contributed by atoms with van der Waals surface area (Å²) >= 11 is 0. The van der Waals surface area contributed by atoms with Crippen molar-refractivity contribution in [2.24, 2.45) is 0 Å². The maximum absolute atomic E-state index is 6.55. The van der Waals surface area contributed by atoms with Crippen molar-refractivity contribution in [1.29, 1.82) is 0 Å². The quantitative estimate of drug-likeness (QED) is 0.177. The molecule has 0 unspecified atom stereocenters. The molecule has 0 saturated carbocycles. The number of aromatic nitrogens is 4. The van der Waals surface area contributed by atoms with Gasteiger partial charge in [0.25, 0.3) is 0 Å². The SMILES string of the molecule is Cc1cc(-c2cccc(Oc3cccc(-n4c5ccc6c7ccccc7n(-c7ccccc7)c6c5c5cccnc54)c3)c2)ncc1-c1ccccc1. The Labute approximate surface area is 300 Å². The Bertz CT molecular complexity index is 2940. The lowest BCUT2D eigenvalue weighted by Crippen LogP contribution is -1.96. The number of nitrogens with zero attached hydrogens (tertiary/aromatic N) is 4. The molecule has 0 radical (unpaired) electrons. The van der Waals surface area contributed by atoms with Crippen LogP contribution in [0, 0.1) is 6.92 Å². The number of ether oxygens (including phenoxy) is 1. The van der Waals surface area contributed by atoms with E-state index in [4.69, 9.17) is 14.7 Å². The van der Waals surface area contributed by atoms with Gasteiger partial charge >= 0.3 is 0 Å². The zero-order valence-corrected chi connectivity index (χ0v) is 28.4. The molecule has 5 nitrogen and oxygen atoms in total. The number of rotatable bonds is 6. The molecule has 52 heavy (non-hydrogen) atoms. The van der Waals surface area contributed by atoms with Crippen molar-refractivity contribution in [3.63, 3.8) is 0 Å². The monoisotopic (exact) mass is 668 g/mol. The van der Waals surface area contributed by atoms with Crippen molar-refractivity contribution in [2.75, 3.05) is 0 Å². The highest BCUT2D eigenvalue weighted by molar-refractivity contribution is 6.25. The average Bonchev–Trinajstić information content (AvgIpc) is 3.72. The number of para-hydroxylation sites is 2. The molecule has 0 fully saturated rings. The van der Waals surface area contributed by atoms with Crippen LogP contribution in [-0.2, 0) is 0 Å². The van der Waals surface area contributed by atoms with Crippen LogP contribution in [0.3, 0.4) is 0 Å². The Morgan fingerprint density at radius 2 is 1.21 bits per heavy atom. The smallest absolute Gasteiger partial charge is 0.145 e. The standard InChI is InChI=1S/C47H32N4O/c1-31-27-42(49-30-41(31)32-13-4-2-5-14-32)33-15-10-19-36(28-33)52-37-20-11-18-35(29-37)51-44-25-24-39-38-21-8-9-23-43(38)50(34-16-6-3-7-17-34)46(39)45(44)40-22-12-26-48-47(40)51/h2-30H,1H3. The van der Waals surface area contributed by atoms with Crippen molar-refractivity contribution >= 4 is 43.7 Å². The first-order valence-corrected chi connectivity index (χ1v) is 17.5. The number of hydrogen-bond donors (Lipinski definition) is 0. The van der Waals surface area contributed by atoms with Crippen LogP contribution in [0.2, 0.25) is 0 Å². The first-order chi connectivity index (χ1) is 25.7. The minimum absolute atomic E-state index is 0.739. The number of benzene rings is 6. The van der Waals surface area contributed by atoms with Crippen LogP contribution in [0.4, 0.5) is 0 Å². The van der Waals surface area contributed by atoms with Gasteiger partial charge in [-0.1, -0.05) is 91.0 Å². The Hall–Kier alpha value is -6.98. The van der Waals surface area contributed by atoms with Crippen LogP contribution in [0.15, 0.2) is 176 Å². The topological polar surface area (TPSA) is 44.9 Å². The van der Waals surface area contributed by atoms with E-state index in [9.17, 15) is 0 Å². The van der Waals surface area contributed by atoms with Crippen LogP contribution >= 0.6 is 0 Å². The molecule has 0 aliphatic carbocycles. The second-order valence-corrected chi connectivity index (χ2v) is 13.1. The van der Waals surface area contributed by atoms with E-state index in [0.29, 0.717) is 0 Å².